The molecular formula is C15H24N2O. The maximum absolute atomic E-state index is 5.94. The van der Waals surface area contributed by atoms with Crippen molar-refractivity contribution in [3.05, 3.63) is 23.8 Å². The fourth-order valence-electron chi connectivity index (χ4n) is 2.36. The Morgan fingerprint density at radius 3 is 2.67 bits per heavy atom. The van der Waals surface area contributed by atoms with Gasteiger partial charge in [0.1, 0.15) is 5.75 Å². The zero-order valence-electron chi connectivity index (χ0n) is 11.5. The quantitative estimate of drug-likeness (QED) is 0.890. The molecule has 100 valence electrons. The number of ether oxygens (including phenoxy) is 1. The Morgan fingerprint density at radius 2 is 2.06 bits per heavy atom. The van der Waals surface area contributed by atoms with Crippen LogP contribution in [-0.4, -0.2) is 25.7 Å². The fourth-order valence-corrected chi connectivity index (χ4v) is 2.36. The minimum atomic E-state index is 0.384. The lowest BCUT2D eigenvalue weighted by molar-refractivity contribution is 0.315. The third kappa shape index (κ3) is 3.16. The van der Waals surface area contributed by atoms with Crippen LogP contribution in [0.1, 0.15) is 31.7 Å². The smallest absolute Gasteiger partial charge is 0.122 e. The van der Waals surface area contributed by atoms with Crippen molar-refractivity contribution in [2.75, 3.05) is 24.6 Å². The maximum atomic E-state index is 5.94. The number of benzene rings is 1. The number of nitrogens with two attached hydrogens (primary N) is 1. The van der Waals surface area contributed by atoms with E-state index in [2.05, 4.69) is 36.9 Å². The molecule has 1 aliphatic heterocycles. The number of piperidine rings is 1. The van der Waals surface area contributed by atoms with Gasteiger partial charge in [0.15, 0.2) is 0 Å². The summed E-state index contributed by atoms with van der Waals surface area (Å²) >= 11 is 0. The molecule has 0 aliphatic carbocycles. The molecule has 1 aliphatic rings. The van der Waals surface area contributed by atoms with Crippen molar-refractivity contribution in [1.29, 1.82) is 0 Å². The molecule has 0 unspecified atom stereocenters. The fraction of sp³-hybridized carbons (Fsp3) is 0.600. The van der Waals surface area contributed by atoms with Crippen molar-refractivity contribution in [2.24, 2.45) is 5.73 Å². The molecule has 0 aromatic heterocycles. The van der Waals surface area contributed by atoms with Crippen LogP contribution in [-0.2, 0) is 0 Å². The van der Waals surface area contributed by atoms with Crippen LogP contribution in [0, 0.1) is 6.92 Å². The summed E-state index contributed by atoms with van der Waals surface area (Å²) in [7, 11) is 0. The third-order valence-corrected chi connectivity index (χ3v) is 3.52. The number of anilines is 1. The average molecular weight is 248 g/mol. The van der Waals surface area contributed by atoms with E-state index in [9.17, 15) is 0 Å². The summed E-state index contributed by atoms with van der Waals surface area (Å²) in [5.74, 6) is 1.01. The summed E-state index contributed by atoms with van der Waals surface area (Å²) < 4.78 is 5.71. The Morgan fingerprint density at radius 1 is 1.33 bits per heavy atom. The summed E-state index contributed by atoms with van der Waals surface area (Å²) in [5, 5.41) is 0. The highest BCUT2D eigenvalue weighted by molar-refractivity contribution is 5.53. The number of hydrogen-bond acceptors (Lipinski definition) is 3. The van der Waals surface area contributed by atoms with Crippen molar-refractivity contribution in [3.63, 3.8) is 0 Å². The monoisotopic (exact) mass is 248 g/mol. The summed E-state index contributed by atoms with van der Waals surface area (Å²) in [6, 6.07) is 6.86. The second-order valence-corrected chi connectivity index (χ2v) is 5.12. The molecule has 0 spiro atoms. The van der Waals surface area contributed by atoms with Crippen LogP contribution in [0.5, 0.6) is 5.75 Å². The van der Waals surface area contributed by atoms with Gasteiger partial charge in [0, 0.05) is 24.8 Å². The predicted molar refractivity (Wildman–Crippen MR) is 76.4 cm³/mol. The molecule has 1 heterocycles. The van der Waals surface area contributed by atoms with E-state index >= 15 is 0 Å². The molecule has 0 radical (unpaired) electrons. The number of rotatable bonds is 4. The van der Waals surface area contributed by atoms with Gasteiger partial charge in [-0.3, -0.25) is 0 Å². The Labute approximate surface area is 110 Å². The number of nitrogens with zero attached hydrogens (tertiary/aromatic N) is 1. The first-order valence-corrected chi connectivity index (χ1v) is 6.94. The molecule has 0 amide bonds. The van der Waals surface area contributed by atoms with E-state index in [0.717, 1.165) is 44.7 Å². The summed E-state index contributed by atoms with van der Waals surface area (Å²) in [4.78, 5) is 2.42. The van der Waals surface area contributed by atoms with Gasteiger partial charge < -0.3 is 15.4 Å². The van der Waals surface area contributed by atoms with E-state index in [1.54, 1.807) is 0 Å². The van der Waals surface area contributed by atoms with Crippen LogP contribution in [0.15, 0.2) is 18.2 Å². The molecule has 3 heteroatoms. The minimum absolute atomic E-state index is 0.384. The van der Waals surface area contributed by atoms with Crippen molar-refractivity contribution in [1.82, 2.24) is 0 Å². The van der Waals surface area contributed by atoms with Crippen LogP contribution in [0.4, 0.5) is 5.69 Å². The van der Waals surface area contributed by atoms with Crippen LogP contribution >= 0.6 is 0 Å². The van der Waals surface area contributed by atoms with Crippen molar-refractivity contribution >= 4 is 5.69 Å². The lowest BCUT2D eigenvalue weighted by atomic mass is 10.0. The highest BCUT2D eigenvalue weighted by atomic mass is 16.5. The largest absolute Gasteiger partial charge is 0.493 e. The van der Waals surface area contributed by atoms with Crippen LogP contribution in [0.3, 0.4) is 0 Å². The first kappa shape index (κ1) is 13.2. The molecule has 2 N–H and O–H groups in total. The number of aryl methyl sites for hydroxylation is 1. The van der Waals surface area contributed by atoms with Gasteiger partial charge in [0.05, 0.1) is 6.61 Å². The summed E-state index contributed by atoms with van der Waals surface area (Å²) in [6.07, 6.45) is 3.23. The van der Waals surface area contributed by atoms with Gasteiger partial charge in [-0.05, 0) is 49.9 Å². The predicted octanol–water partition coefficient (Wildman–Crippen LogP) is 2.71. The van der Waals surface area contributed by atoms with Gasteiger partial charge in [0.25, 0.3) is 0 Å². The molecule has 0 saturated carbocycles. The molecular weight excluding hydrogens is 224 g/mol. The van der Waals surface area contributed by atoms with Crippen molar-refractivity contribution in [2.45, 2.75) is 39.2 Å². The van der Waals surface area contributed by atoms with Crippen LogP contribution < -0.4 is 15.4 Å². The Bertz CT molecular complexity index is 384. The normalized spacial score (nSPS) is 16.9. The Kier molecular flexibility index (Phi) is 4.48. The van der Waals surface area contributed by atoms with E-state index in [0.29, 0.717) is 6.04 Å². The third-order valence-electron chi connectivity index (χ3n) is 3.52. The maximum Gasteiger partial charge on any atom is 0.122 e. The second kappa shape index (κ2) is 6.10. The highest BCUT2D eigenvalue weighted by Crippen LogP contribution is 2.26. The van der Waals surface area contributed by atoms with E-state index < -0.39 is 0 Å². The van der Waals surface area contributed by atoms with Gasteiger partial charge >= 0.3 is 0 Å². The van der Waals surface area contributed by atoms with E-state index in [4.69, 9.17) is 10.5 Å². The SMILES string of the molecule is CCCOc1ccc(N2CCC(N)CC2)cc1C. The standard InChI is InChI=1S/C15H24N2O/c1-3-10-18-15-5-4-14(11-12(15)2)17-8-6-13(16)7-9-17/h4-5,11,13H,3,6-10,16H2,1-2H3. The van der Waals surface area contributed by atoms with Gasteiger partial charge in [0.2, 0.25) is 0 Å². The molecule has 1 aromatic carbocycles. The molecule has 3 nitrogen and oxygen atoms in total. The van der Waals surface area contributed by atoms with Crippen molar-refractivity contribution < 1.29 is 4.74 Å². The molecule has 1 saturated heterocycles. The molecule has 1 aromatic rings. The Hall–Kier alpha value is -1.22. The summed E-state index contributed by atoms with van der Waals surface area (Å²) in [5.41, 5.74) is 8.45. The van der Waals surface area contributed by atoms with Gasteiger partial charge in [-0.2, -0.15) is 0 Å². The van der Waals surface area contributed by atoms with Gasteiger partial charge in [-0.1, -0.05) is 6.92 Å². The van der Waals surface area contributed by atoms with Crippen LogP contribution in [0.25, 0.3) is 0 Å². The lowest BCUT2D eigenvalue weighted by Gasteiger charge is -2.32. The van der Waals surface area contributed by atoms with Gasteiger partial charge in [-0.25, -0.2) is 0 Å². The molecule has 1 fully saturated rings. The zero-order chi connectivity index (χ0) is 13.0. The molecule has 0 bridgehead atoms. The molecule has 2 rings (SSSR count). The molecule has 18 heavy (non-hydrogen) atoms. The first-order chi connectivity index (χ1) is 8.70. The topological polar surface area (TPSA) is 38.5 Å². The van der Waals surface area contributed by atoms with Gasteiger partial charge in [-0.15, -0.1) is 0 Å². The number of hydrogen-bond donors (Lipinski definition) is 1. The average Bonchev–Trinajstić information content (AvgIpc) is 2.38. The minimum Gasteiger partial charge on any atom is -0.493 e. The van der Waals surface area contributed by atoms with Crippen molar-refractivity contribution in [3.8, 4) is 5.75 Å². The van der Waals surface area contributed by atoms with Crippen LogP contribution in [0.2, 0.25) is 0 Å². The lowest BCUT2D eigenvalue weighted by Crippen LogP contribution is -2.39. The Balaban J connectivity index is 2.04. The van der Waals surface area contributed by atoms with E-state index in [1.165, 1.54) is 11.3 Å². The summed E-state index contributed by atoms with van der Waals surface area (Å²) in [6.45, 7) is 7.16. The first-order valence-electron chi connectivity index (χ1n) is 6.94. The zero-order valence-corrected chi connectivity index (χ0v) is 11.5. The second-order valence-electron chi connectivity index (χ2n) is 5.12. The highest BCUT2D eigenvalue weighted by Gasteiger charge is 2.16. The van der Waals surface area contributed by atoms with E-state index in [1.807, 2.05) is 0 Å². The van der Waals surface area contributed by atoms with E-state index in [-0.39, 0.29) is 0 Å². The molecule has 0 atom stereocenters.